The molecule has 0 saturated heterocycles. The van der Waals surface area contributed by atoms with Crippen molar-refractivity contribution in [3.05, 3.63) is 79.9 Å². The van der Waals surface area contributed by atoms with Crippen molar-refractivity contribution in [2.75, 3.05) is 66.3 Å². The first-order valence-electron chi connectivity index (χ1n) is 9.77. The van der Waals surface area contributed by atoms with Gasteiger partial charge in [-0.2, -0.15) is 0 Å². The van der Waals surface area contributed by atoms with Crippen LogP contribution in [0.2, 0.25) is 0 Å². The zero-order valence-electron chi connectivity index (χ0n) is 19.3. The van der Waals surface area contributed by atoms with Crippen molar-refractivity contribution in [1.82, 2.24) is 14.7 Å². The summed E-state index contributed by atoms with van der Waals surface area (Å²) >= 11 is 0. The van der Waals surface area contributed by atoms with Gasteiger partial charge in [0.25, 0.3) is 0 Å². The molecule has 0 radical (unpaired) electrons. The Balaban J connectivity index is 0.000000547. The van der Waals surface area contributed by atoms with E-state index >= 15 is 0 Å². The Morgan fingerprint density at radius 2 is 1.03 bits per heavy atom. The van der Waals surface area contributed by atoms with Crippen LogP contribution in [0.4, 0.5) is 11.4 Å². The van der Waals surface area contributed by atoms with E-state index in [9.17, 15) is 0 Å². The number of hydrogen-bond donors (Lipinski definition) is 0. The fourth-order valence-corrected chi connectivity index (χ4v) is 2.46. The minimum absolute atomic E-state index is 0. The molecule has 0 bridgehead atoms. The molecule has 0 saturated carbocycles. The molecule has 2 rings (SSSR count). The number of likely N-dealkylation sites (N-methyl/N-ethyl adjacent to an activating group) is 3. The van der Waals surface area contributed by atoms with Gasteiger partial charge >= 0.3 is 18.9 Å². The van der Waals surface area contributed by atoms with E-state index in [4.69, 9.17) is 0 Å². The zero-order chi connectivity index (χ0) is 20.8. The van der Waals surface area contributed by atoms with Gasteiger partial charge in [-0.25, -0.2) is 13.0 Å². The van der Waals surface area contributed by atoms with Crippen LogP contribution in [0, 0.1) is 6.92 Å². The van der Waals surface area contributed by atoms with E-state index in [0.717, 1.165) is 37.6 Å². The number of allylic oxidation sites excluding steroid dienone is 1. The van der Waals surface area contributed by atoms with Gasteiger partial charge < -0.3 is 19.6 Å². The molecular formula is C24H37LiN4. The molecule has 154 valence electrons. The Morgan fingerprint density at radius 3 is 1.34 bits per heavy atom. The Hall–Kier alpha value is -1.67. The van der Waals surface area contributed by atoms with Crippen molar-refractivity contribution in [3.63, 3.8) is 0 Å². The van der Waals surface area contributed by atoms with Crippen LogP contribution in [-0.2, 0) is 0 Å². The van der Waals surface area contributed by atoms with Crippen LogP contribution in [0.15, 0.2) is 72.9 Å². The molecule has 0 spiro atoms. The predicted octanol–water partition coefficient (Wildman–Crippen LogP) is 1.22. The van der Waals surface area contributed by atoms with Gasteiger partial charge in [0.15, 0.2) is 0 Å². The summed E-state index contributed by atoms with van der Waals surface area (Å²) in [6.07, 6.45) is 3.75. The molecule has 0 aliphatic rings. The van der Waals surface area contributed by atoms with Gasteiger partial charge in [0, 0.05) is 37.6 Å². The molecule has 2 aromatic carbocycles. The Kier molecular flexibility index (Phi) is 15.2. The third-order valence-electron chi connectivity index (χ3n) is 4.18. The topological polar surface area (TPSA) is 13.0 Å². The summed E-state index contributed by atoms with van der Waals surface area (Å²) in [5, 5.41) is 0. The summed E-state index contributed by atoms with van der Waals surface area (Å²) < 4.78 is 0. The van der Waals surface area contributed by atoms with Crippen molar-refractivity contribution in [2.24, 2.45) is 0 Å². The summed E-state index contributed by atoms with van der Waals surface area (Å²) in [5.41, 5.74) is 2.27. The summed E-state index contributed by atoms with van der Waals surface area (Å²) in [7, 11) is 10.6. The third-order valence-corrected chi connectivity index (χ3v) is 4.18. The van der Waals surface area contributed by atoms with Crippen LogP contribution < -0.4 is 23.8 Å². The molecule has 0 atom stereocenters. The molecule has 4 nitrogen and oxygen atoms in total. The maximum absolute atomic E-state index is 3.75. The summed E-state index contributed by atoms with van der Waals surface area (Å²) in [4.78, 5) is 8.89. The molecule has 0 heterocycles. The van der Waals surface area contributed by atoms with E-state index in [-0.39, 0.29) is 18.9 Å². The van der Waals surface area contributed by atoms with Crippen LogP contribution in [0.25, 0.3) is 0 Å². The van der Waals surface area contributed by atoms with Gasteiger partial charge in [-0.1, -0.05) is 36.4 Å². The van der Waals surface area contributed by atoms with Crippen molar-refractivity contribution in [2.45, 2.75) is 0 Å². The molecule has 0 fully saturated rings. The normalized spacial score (nSPS) is 10.8. The first-order valence-corrected chi connectivity index (χ1v) is 9.77. The molecule has 0 aliphatic heterocycles. The van der Waals surface area contributed by atoms with Crippen LogP contribution in [0.1, 0.15) is 0 Å². The molecule has 0 aromatic heterocycles. The van der Waals surface area contributed by atoms with E-state index in [1.165, 1.54) is 0 Å². The maximum Gasteiger partial charge on any atom is 1.00 e. The second kappa shape index (κ2) is 16.2. The van der Waals surface area contributed by atoms with Crippen molar-refractivity contribution in [3.8, 4) is 0 Å². The minimum Gasteiger partial charge on any atom is -0.398 e. The number of benzene rings is 2. The van der Waals surface area contributed by atoms with Gasteiger partial charge in [-0.05, 0) is 59.5 Å². The first kappa shape index (κ1) is 27.3. The van der Waals surface area contributed by atoms with Crippen LogP contribution in [0.3, 0.4) is 0 Å². The van der Waals surface area contributed by atoms with Crippen LogP contribution >= 0.6 is 0 Å². The van der Waals surface area contributed by atoms with E-state index in [0.29, 0.717) is 0 Å². The molecule has 0 N–H and O–H groups in total. The van der Waals surface area contributed by atoms with Gasteiger partial charge in [-0.15, -0.1) is 6.20 Å². The van der Waals surface area contributed by atoms with E-state index < -0.39 is 0 Å². The van der Waals surface area contributed by atoms with Crippen LogP contribution in [-0.4, -0.2) is 76.1 Å². The molecule has 0 aliphatic carbocycles. The first-order chi connectivity index (χ1) is 13.4. The van der Waals surface area contributed by atoms with Crippen LogP contribution in [0.5, 0.6) is 0 Å². The number of rotatable bonds is 9. The average molecular weight is 389 g/mol. The summed E-state index contributed by atoms with van der Waals surface area (Å²) in [5.74, 6) is 0. The smallest absolute Gasteiger partial charge is 0.398 e. The molecule has 0 unspecified atom stereocenters. The monoisotopic (exact) mass is 388 g/mol. The number of para-hydroxylation sites is 2. The van der Waals surface area contributed by atoms with Gasteiger partial charge in [-0.3, -0.25) is 0 Å². The van der Waals surface area contributed by atoms with Crippen molar-refractivity contribution < 1.29 is 18.9 Å². The number of nitrogens with zero attached hydrogens (tertiary/aromatic N) is 4. The number of hydrogen-bond acceptors (Lipinski definition) is 4. The summed E-state index contributed by atoms with van der Waals surface area (Å²) in [6.45, 7) is 8.35. The molecule has 5 heteroatoms. The largest absolute Gasteiger partial charge is 1.00 e. The fraction of sp³-hybridized carbons (Fsp3) is 0.375. The van der Waals surface area contributed by atoms with E-state index in [2.05, 4.69) is 86.0 Å². The molecular weight excluding hydrogens is 351 g/mol. The maximum atomic E-state index is 3.75. The summed E-state index contributed by atoms with van der Waals surface area (Å²) in [6, 6.07) is 20.5. The Morgan fingerprint density at radius 1 is 0.655 bits per heavy atom. The second-order valence-electron chi connectivity index (χ2n) is 7.34. The predicted molar refractivity (Wildman–Crippen MR) is 124 cm³/mol. The Labute approximate surface area is 191 Å². The van der Waals surface area contributed by atoms with Gasteiger partial charge in [0.1, 0.15) is 0 Å². The molecule has 29 heavy (non-hydrogen) atoms. The quantitative estimate of drug-likeness (QED) is 0.473. The molecule has 0 amide bonds. The van der Waals surface area contributed by atoms with E-state index in [1.807, 2.05) is 42.6 Å². The Bertz CT molecular complexity index is 593. The van der Waals surface area contributed by atoms with Gasteiger partial charge in [0.05, 0.1) is 0 Å². The third kappa shape index (κ3) is 12.5. The standard InChI is InChI=1S/C15H14N.C9H23N3.Li/c1-2-13-16(14-9-5-3-6-10-14)15-11-7-4-8-12-15;1-10(2)6-8-12(5)9-7-11(3)4;/h2-13H,1H2;6-9H2,1-5H3;/q-1;;+1/b13-2-;;. The zero-order valence-corrected chi connectivity index (χ0v) is 19.3. The SMILES string of the molecule is CN(C)CCN(C)CCN(C)C.[CH2-]/C=C\N(c1ccccc1)c1ccccc1.[Li+]. The number of anilines is 2. The van der Waals surface area contributed by atoms with Crippen molar-refractivity contribution >= 4 is 11.4 Å². The second-order valence-corrected chi connectivity index (χ2v) is 7.34. The average Bonchev–Trinajstić information content (AvgIpc) is 2.70. The minimum atomic E-state index is 0. The molecule has 2 aromatic rings. The van der Waals surface area contributed by atoms with Crippen molar-refractivity contribution in [1.29, 1.82) is 0 Å². The van der Waals surface area contributed by atoms with Gasteiger partial charge in [0.2, 0.25) is 0 Å². The van der Waals surface area contributed by atoms with E-state index in [1.54, 1.807) is 6.08 Å². The fourth-order valence-electron chi connectivity index (χ4n) is 2.46.